The summed E-state index contributed by atoms with van der Waals surface area (Å²) in [6.45, 7) is 5.08. The van der Waals surface area contributed by atoms with Gasteiger partial charge in [-0.1, -0.05) is 33.1 Å². The molecule has 5 heteroatoms. The Morgan fingerprint density at radius 1 is 1.42 bits per heavy atom. The summed E-state index contributed by atoms with van der Waals surface area (Å²) < 4.78 is 7.67. The van der Waals surface area contributed by atoms with E-state index in [1.165, 1.54) is 19.3 Å². The van der Waals surface area contributed by atoms with E-state index in [1.807, 2.05) is 10.6 Å². The first-order chi connectivity index (χ1) is 9.24. The molecule has 0 spiro atoms. The predicted octanol–water partition coefficient (Wildman–Crippen LogP) is 2.91. The van der Waals surface area contributed by atoms with Crippen LogP contribution in [-0.4, -0.2) is 21.0 Å². The van der Waals surface area contributed by atoms with Crippen molar-refractivity contribution >= 4 is 11.5 Å². The molecule has 2 heterocycles. The second kappa shape index (κ2) is 6.41. The van der Waals surface area contributed by atoms with Gasteiger partial charge in [-0.25, -0.2) is 4.98 Å². The molecule has 0 saturated carbocycles. The van der Waals surface area contributed by atoms with Crippen molar-refractivity contribution in [3.05, 3.63) is 18.6 Å². The van der Waals surface area contributed by atoms with Crippen molar-refractivity contribution in [2.45, 2.75) is 39.5 Å². The van der Waals surface area contributed by atoms with E-state index >= 15 is 0 Å². The summed E-state index contributed by atoms with van der Waals surface area (Å²) in [4.78, 5) is 8.48. The van der Waals surface area contributed by atoms with Gasteiger partial charge in [0.1, 0.15) is 5.82 Å². The summed E-state index contributed by atoms with van der Waals surface area (Å²) in [5.74, 6) is 1.54. The molecule has 0 saturated heterocycles. The van der Waals surface area contributed by atoms with Crippen molar-refractivity contribution in [1.82, 2.24) is 14.4 Å². The molecule has 5 nitrogen and oxygen atoms in total. The number of fused-ring (bicyclic) bond motifs is 1. The molecule has 0 amide bonds. The highest BCUT2D eigenvalue weighted by atomic mass is 16.5. The molecule has 0 aliphatic rings. The average Bonchev–Trinajstić information content (AvgIpc) is 2.86. The average molecular weight is 262 g/mol. The maximum absolute atomic E-state index is 5.83. The fraction of sp³-hybridized carbons (Fsp3) is 0.571. The molecule has 1 atom stereocenters. The lowest BCUT2D eigenvalue weighted by atomic mass is 10.0. The lowest BCUT2D eigenvalue weighted by Gasteiger charge is -2.15. The van der Waals surface area contributed by atoms with Gasteiger partial charge < -0.3 is 10.5 Å². The molecule has 0 aromatic carbocycles. The van der Waals surface area contributed by atoms with Crippen LogP contribution in [0.15, 0.2) is 18.6 Å². The Balaban J connectivity index is 2.06. The van der Waals surface area contributed by atoms with Gasteiger partial charge >= 0.3 is 0 Å². The Bertz CT molecular complexity index is 523. The minimum Gasteiger partial charge on any atom is -0.475 e. The monoisotopic (exact) mass is 262 g/mol. The molecule has 0 aliphatic carbocycles. The SMILES string of the molecule is CCCCC(CC)COc1nc(N)cn2ccnc12. The molecule has 0 fully saturated rings. The highest BCUT2D eigenvalue weighted by Crippen LogP contribution is 2.20. The van der Waals surface area contributed by atoms with Crippen LogP contribution >= 0.6 is 0 Å². The second-order valence-corrected chi connectivity index (χ2v) is 4.86. The van der Waals surface area contributed by atoms with Crippen LogP contribution in [0.25, 0.3) is 5.65 Å². The number of unbranched alkanes of at least 4 members (excludes halogenated alkanes) is 1. The van der Waals surface area contributed by atoms with Crippen molar-refractivity contribution < 1.29 is 4.74 Å². The van der Waals surface area contributed by atoms with Crippen molar-refractivity contribution in [3.8, 4) is 5.88 Å². The number of imidazole rings is 1. The maximum atomic E-state index is 5.83. The molecule has 0 aliphatic heterocycles. The molecule has 2 aromatic heterocycles. The zero-order valence-corrected chi connectivity index (χ0v) is 11.7. The van der Waals surface area contributed by atoms with Crippen LogP contribution < -0.4 is 10.5 Å². The molecule has 2 N–H and O–H groups in total. The van der Waals surface area contributed by atoms with Crippen molar-refractivity contribution in [3.63, 3.8) is 0 Å². The summed E-state index contributed by atoms with van der Waals surface area (Å²) in [6.07, 6.45) is 10.1. The summed E-state index contributed by atoms with van der Waals surface area (Å²) in [5.41, 5.74) is 6.49. The lowest BCUT2D eigenvalue weighted by Crippen LogP contribution is -2.13. The third-order valence-corrected chi connectivity index (χ3v) is 3.36. The largest absolute Gasteiger partial charge is 0.475 e. The number of hydrogen-bond donors (Lipinski definition) is 1. The van der Waals surface area contributed by atoms with Gasteiger partial charge in [0.05, 0.1) is 12.8 Å². The first-order valence-electron chi connectivity index (χ1n) is 6.96. The molecule has 0 radical (unpaired) electrons. The number of rotatable bonds is 7. The predicted molar refractivity (Wildman–Crippen MR) is 76.2 cm³/mol. The van der Waals surface area contributed by atoms with Gasteiger partial charge in [0.25, 0.3) is 5.88 Å². The minimum atomic E-state index is 0.446. The number of hydrogen-bond acceptors (Lipinski definition) is 4. The van der Waals surface area contributed by atoms with Crippen LogP contribution in [0.2, 0.25) is 0 Å². The Morgan fingerprint density at radius 3 is 3.00 bits per heavy atom. The quantitative estimate of drug-likeness (QED) is 0.833. The number of anilines is 1. The second-order valence-electron chi connectivity index (χ2n) is 4.86. The fourth-order valence-corrected chi connectivity index (χ4v) is 2.11. The topological polar surface area (TPSA) is 65.4 Å². The summed E-state index contributed by atoms with van der Waals surface area (Å²) in [6, 6.07) is 0. The molecule has 19 heavy (non-hydrogen) atoms. The third kappa shape index (κ3) is 3.36. The number of ether oxygens (including phenoxy) is 1. The Hall–Kier alpha value is -1.78. The van der Waals surface area contributed by atoms with Crippen LogP contribution in [0.3, 0.4) is 0 Å². The highest BCUT2D eigenvalue weighted by molar-refractivity contribution is 5.52. The summed E-state index contributed by atoms with van der Waals surface area (Å²) >= 11 is 0. The number of nitrogens with zero attached hydrogens (tertiary/aromatic N) is 3. The zero-order valence-electron chi connectivity index (χ0n) is 11.7. The molecule has 1 unspecified atom stereocenters. The van der Waals surface area contributed by atoms with Crippen LogP contribution in [0.1, 0.15) is 39.5 Å². The van der Waals surface area contributed by atoms with Crippen molar-refractivity contribution in [1.29, 1.82) is 0 Å². The van der Waals surface area contributed by atoms with Gasteiger partial charge in [-0.3, -0.25) is 4.40 Å². The summed E-state index contributed by atoms with van der Waals surface area (Å²) in [5, 5.41) is 0. The maximum Gasteiger partial charge on any atom is 0.260 e. The lowest BCUT2D eigenvalue weighted by molar-refractivity contribution is 0.227. The first kappa shape index (κ1) is 13.6. The molecular formula is C14H22N4O. The van der Waals surface area contributed by atoms with Crippen LogP contribution in [-0.2, 0) is 0 Å². The summed E-state index contributed by atoms with van der Waals surface area (Å²) in [7, 11) is 0. The smallest absolute Gasteiger partial charge is 0.260 e. The molecule has 2 rings (SSSR count). The number of aromatic nitrogens is 3. The Kier molecular flexibility index (Phi) is 4.60. The van der Waals surface area contributed by atoms with Crippen molar-refractivity contribution in [2.24, 2.45) is 5.92 Å². The van der Waals surface area contributed by atoms with Crippen molar-refractivity contribution in [2.75, 3.05) is 12.3 Å². The van der Waals surface area contributed by atoms with Gasteiger partial charge in [-0.2, -0.15) is 4.98 Å². The van der Waals surface area contributed by atoms with E-state index in [0.29, 0.717) is 24.2 Å². The van der Waals surface area contributed by atoms with Gasteiger partial charge in [-0.15, -0.1) is 0 Å². The Labute approximate surface area is 113 Å². The van der Waals surface area contributed by atoms with E-state index in [9.17, 15) is 0 Å². The van der Waals surface area contributed by atoms with E-state index < -0.39 is 0 Å². The molecule has 2 aromatic rings. The van der Waals surface area contributed by atoms with Gasteiger partial charge in [0.15, 0.2) is 0 Å². The fourth-order valence-electron chi connectivity index (χ4n) is 2.11. The highest BCUT2D eigenvalue weighted by Gasteiger charge is 2.11. The normalized spacial score (nSPS) is 12.7. The van der Waals surface area contributed by atoms with Gasteiger partial charge in [0.2, 0.25) is 5.65 Å². The van der Waals surface area contributed by atoms with E-state index in [1.54, 1.807) is 12.4 Å². The van der Waals surface area contributed by atoms with E-state index in [2.05, 4.69) is 23.8 Å². The third-order valence-electron chi connectivity index (χ3n) is 3.36. The van der Waals surface area contributed by atoms with Crippen LogP contribution in [0.5, 0.6) is 5.88 Å². The Morgan fingerprint density at radius 2 is 2.26 bits per heavy atom. The molecule has 0 bridgehead atoms. The molecular weight excluding hydrogens is 240 g/mol. The van der Waals surface area contributed by atoms with E-state index in [-0.39, 0.29) is 0 Å². The first-order valence-corrected chi connectivity index (χ1v) is 6.96. The van der Waals surface area contributed by atoms with E-state index in [0.717, 1.165) is 12.1 Å². The molecule has 104 valence electrons. The van der Waals surface area contributed by atoms with Gasteiger partial charge in [0, 0.05) is 12.4 Å². The standard InChI is InChI=1S/C14H22N4O/c1-3-5-6-11(4-2)10-19-14-13-16-7-8-18(13)9-12(15)17-14/h7-9,11H,3-6,10,15H2,1-2H3. The number of nitrogens with two attached hydrogens (primary N) is 1. The minimum absolute atomic E-state index is 0.446. The number of nitrogen functional groups attached to an aromatic ring is 1. The van der Waals surface area contributed by atoms with E-state index in [4.69, 9.17) is 10.5 Å². The van der Waals surface area contributed by atoms with Crippen LogP contribution in [0.4, 0.5) is 5.82 Å². The van der Waals surface area contributed by atoms with Gasteiger partial charge in [-0.05, 0) is 12.3 Å². The zero-order chi connectivity index (χ0) is 13.7. The van der Waals surface area contributed by atoms with Crippen LogP contribution in [0, 0.1) is 5.92 Å².